The zero-order valence-electron chi connectivity index (χ0n) is 28.4. The highest BCUT2D eigenvalue weighted by Crippen LogP contribution is 2.80. The van der Waals surface area contributed by atoms with E-state index in [0.29, 0.717) is 25.9 Å². The Morgan fingerprint density at radius 3 is 2.38 bits per heavy atom. The number of methoxy groups -OCH3 is 4. The molecule has 2 aliphatic heterocycles. The molecule has 7 bridgehead atoms. The van der Waals surface area contributed by atoms with Gasteiger partial charge in [-0.1, -0.05) is 19.1 Å². The van der Waals surface area contributed by atoms with E-state index in [1.807, 2.05) is 0 Å². The van der Waals surface area contributed by atoms with Crippen LogP contribution in [0.15, 0.2) is 24.3 Å². The van der Waals surface area contributed by atoms with Gasteiger partial charge >= 0.3 is 5.97 Å². The first-order chi connectivity index (χ1) is 23.0. The number of para-hydroxylation sites is 1. The summed E-state index contributed by atoms with van der Waals surface area (Å²) in [6.45, 7) is 3.24. The smallest absolute Gasteiger partial charge is 0.340 e. The number of likely N-dealkylation sites (tertiary alicyclic amines) is 1. The number of aliphatic hydroxyl groups is 2. The lowest BCUT2D eigenvalue weighted by Gasteiger charge is -2.70. The van der Waals surface area contributed by atoms with Gasteiger partial charge in [0.05, 0.1) is 48.3 Å². The van der Waals surface area contributed by atoms with Crippen LogP contribution in [0.3, 0.4) is 0 Å². The third kappa shape index (κ3) is 3.67. The first-order valence-electron chi connectivity index (χ1n) is 17.5. The van der Waals surface area contributed by atoms with Gasteiger partial charge in [-0.2, -0.15) is 0 Å². The van der Waals surface area contributed by atoms with Crippen LogP contribution in [0.2, 0.25) is 0 Å². The normalized spacial score (nSPS) is 47.1. The van der Waals surface area contributed by atoms with Gasteiger partial charge in [0.2, 0.25) is 11.8 Å². The van der Waals surface area contributed by atoms with Gasteiger partial charge in [-0.25, -0.2) is 9.69 Å². The third-order valence-electron chi connectivity index (χ3n) is 14.2. The molecule has 2 amide bonds. The number of benzene rings is 1. The minimum atomic E-state index is -1.69. The van der Waals surface area contributed by atoms with Crippen molar-refractivity contribution in [3.8, 4) is 0 Å². The maximum absolute atomic E-state index is 14.0. The fourth-order valence-electron chi connectivity index (χ4n) is 13.0. The number of carbonyl (C=O) groups is 3. The van der Waals surface area contributed by atoms with Crippen molar-refractivity contribution in [2.45, 2.75) is 87.1 Å². The number of ether oxygens (including phenoxy) is 5. The number of carbonyl (C=O) groups excluding carboxylic acids is 3. The van der Waals surface area contributed by atoms with Gasteiger partial charge in [0.25, 0.3) is 0 Å². The summed E-state index contributed by atoms with van der Waals surface area (Å²) in [6, 6.07) is 6.11. The molecule has 13 atom stereocenters. The monoisotopic (exact) mass is 668 g/mol. The van der Waals surface area contributed by atoms with Crippen molar-refractivity contribution in [2.75, 3.05) is 53.0 Å². The number of hydrogen-bond acceptors (Lipinski definition) is 11. The molecule has 2 N–H and O–H groups in total. The van der Waals surface area contributed by atoms with E-state index in [-0.39, 0.29) is 90.9 Å². The average Bonchev–Trinajstić information content (AvgIpc) is 3.66. The molecule has 12 nitrogen and oxygen atoms in total. The largest absolute Gasteiger partial charge is 0.461 e. The number of anilines is 1. The first-order valence-corrected chi connectivity index (χ1v) is 17.5. The van der Waals surface area contributed by atoms with Gasteiger partial charge in [-0.15, -0.1) is 0 Å². The molecule has 1 aromatic rings. The van der Waals surface area contributed by atoms with Crippen molar-refractivity contribution < 1.29 is 48.3 Å². The average molecular weight is 669 g/mol. The van der Waals surface area contributed by atoms with E-state index in [1.165, 1.54) is 0 Å². The van der Waals surface area contributed by atoms with Gasteiger partial charge in [0, 0.05) is 82.8 Å². The molecule has 1 spiro atoms. The molecule has 1 aromatic carbocycles. The Morgan fingerprint density at radius 2 is 1.73 bits per heavy atom. The molecule has 48 heavy (non-hydrogen) atoms. The summed E-state index contributed by atoms with van der Waals surface area (Å²) in [5.74, 6) is -2.00. The van der Waals surface area contributed by atoms with Crippen LogP contribution in [0.25, 0.3) is 0 Å². The Hall–Kier alpha value is -2.45. The Balaban J connectivity index is 1.24. The Bertz CT molecular complexity index is 1510. The van der Waals surface area contributed by atoms with Crippen LogP contribution in [-0.4, -0.2) is 123 Å². The molecule has 5 saturated carbocycles. The fourth-order valence-corrected chi connectivity index (χ4v) is 13.0. The second-order valence-corrected chi connectivity index (χ2v) is 15.4. The van der Waals surface area contributed by atoms with E-state index in [4.69, 9.17) is 23.7 Å². The molecular formula is C36H48N2O10. The van der Waals surface area contributed by atoms with Crippen LogP contribution in [0, 0.1) is 34.5 Å². The number of nitrogens with zero attached hydrogens (tertiary/aromatic N) is 2. The SMILES string of the molecule is CCN1C[C@]2(COC(=O)c3ccccc3N3C(=O)CCC3=O)CC[C@H](OC)[C@]34C5C[C@@H]6[C@@H](OC)C[C@@](O)(C5[C@H]6OC)[C@@](O)(C13)[C@@H](OC)C24. The predicted molar refractivity (Wildman–Crippen MR) is 170 cm³/mol. The van der Waals surface area contributed by atoms with Crippen molar-refractivity contribution in [1.29, 1.82) is 0 Å². The molecule has 4 unspecified atom stereocenters. The van der Waals surface area contributed by atoms with Crippen LogP contribution in [-0.2, 0) is 33.3 Å². The number of esters is 1. The molecule has 0 aromatic heterocycles. The van der Waals surface area contributed by atoms with Crippen LogP contribution in [0.1, 0.15) is 55.8 Å². The van der Waals surface area contributed by atoms with Gasteiger partial charge in [0.1, 0.15) is 11.2 Å². The summed E-state index contributed by atoms with van der Waals surface area (Å²) in [7, 11) is 6.70. The lowest BCUT2D eigenvalue weighted by Crippen LogP contribution is -2.82. The first kappa shape index (κ1) is 32.7. The Kier molecular flexibility index (Phi) is 7.52. The number of amides is 2. The maximum atomic E-state index is 14.0. The number of likely N-dealkylation sites (N-methyl/N-ethyl adjacent to an activating group) is 1. The standard InChI is InChI=1S/C36H48N2O10/c1-6-37-17-33(18-48-31(41)19-9-7-8-10-22(19)38-25(39)11-12-26(38)40)14-13-24(45-3)35-21-15-20-23(44-2)16-34(42,27(21)28(20)46-4)36(43,32(35)37)30(47-5)29(33)35/h7-10,20-21,23-24,27-30,32,42-43H,6,11-18H2,1-5H3/t20-,21?,23+,24+,27?,28+,29?,30+,32?,33+,34-,35+,36+/m1/s1. The summed E-state index contributed by atoms with van der Waals surface area (Å²) in [6.07, 6.45) is 0.951. The Labute approximate surface area is 280 Å². The highest BCUT2D eigenvalue weighted by atomic mass is 16.5. The topological polar surface area (TPSA) is 144 Å². The van der Waals surface area contributed by atoms with Crippen molar-refractivity contribution in [2.24, 2.45) is 34.5 Å². The van der Waals surface area contributed by atoms with Gasteiger partial charge < -0.3 is 33.9 Å². The summed E-state index contributed by atoms with van der Waals surface area (Å²) < 4.78 is 31.3. The van der Waals surface area contributed by atoms with Crippen molar-refractivity contribution in [3.63, 3.8) is 0 Å². The lowest BCUT2D eigenvalue weighted by molar-refractivity contribution is -0.320. The molecule has 5 aliphatic carbocycles. The zero-order valence-corrected chi connectivity index (χ0v) is 28.4. The minimum Gasteiger partial charge on any atom is -0.461 e. The fraction of sp³-hybridized carbons (Fsp3) is 0.750. The minimum absolute atomic E-state index is 0.0394. The summed E-state index contributed by atoms with van der Waals surface area (Å²) >= 11 is 0. The van der Waals surface area contributed by atoms with E-state index in [1.54, 1.807) is 52.7 Å². The maximum Gasteiger partial charge on any atom is 0.340 e. The number of hydrogen-bond donors (Lipinski definition) is 2. The third-order valence-corrected chi connectivity index (χ3v) is 14.2. The lowest BCUT2D eigenvalue weighted by atomic mass is 9.42. The number of rotatable bonds is 9. The van der Waals surface area contributed by atoms with Crippen molar-refractivity contribution >= 4 is 23.5 Å². The van der Waals surface area contributed by atoms with Crippen LogP contribution in [0.4, 0.5) is 5.69 Å². The number of imide groups is 1. The second-order valence-electron chi connectivity index (χ2n) is 15.4. The predicted octanol–water partition coefficient (Wildman–Crippen LogP) is 1.79. The van der Waals surface area contributed by atoms with E-state index in [0.717, 1.165) is 11.3 Å². The molecule has 7 aliphatic rings. The van der Waals surface area contributed by atoms with Gasteiger partial charge in [0.15, 0.2) is 0 Å². The van der Waals surface area contributed by atoms with Gasteiger partial charge in [-0.3, -0.25) is 14.5 Å². The highest BCUT2D eigenvalue weighted by molar-refractivity contribution is 6.21. The molecule has 2 saturated heterocycles. The summed E-state index contributed by atoms with van der Waals surface area (Å²) in [5.41, 5.74) is -4.15. The quantitative estimate of drug-likeness (QED) is 0.294. The molecule has 8 rings (SSSR count). The van der Waals surface area contributed by atoms with Crippen LogP contribution < -0.4 is 4.90 Å². The molecule has 12 heteroatoms. The molecule has 7 fully saturated rings. The zero-order chi connectivity index (χ0) is 34.0. The van der Waals surface area contributed by atoms with Gasteiger partial charge in [-0.05, 0) is 43.9 Å². The van der Waals surface area contributed by atoms with E-state index < -0.39 is 40.1 Å². The van der Waals surface area contributed by atoms with E-state index in [9.17, 15) is 24.6 Å². The molecular weight excluding hydrogens is 620 g/mol. The van der Waals surface area contributed by atoms with Crippen molar-refractivity contribution in [1.82, 2.24) is 4.90 Å². The number of piperidine rings is 1. The molecule has 0 radical (unpaired) electrons. The van der Waals surface area contributed by atoms with E-state index >= 15 is 0 Å². The number of fused-ring (bicyclic) bond motifs is 2. The molecule has 262 valence electrons. The summed E-state index contributed by atoms with van der Waals surface area (Å²) in [5, 5.41) is 26.5. The Morgan fingerprint density at radius 1 is 1.00 bits per heavy atom. The molecule has 2 heterocycles. The van der Waals surface area contributed by atoms with E-state index in [2.05, 4.69) is 11.8 Å². The van der Waals surface area contributed by atoms with Crippen LogP contribution >= 0.6 is 0 Å². The summed E-state index contributed by atoms with van der Waals surface area (Å²) in [4.78, 5) is 42.6. The highest BCUT2D eigenvalue weighted by Gasteiger charge is 2.91. The second kappa shape index (κ2) is 11.0. The van der Waals surface area contributed by atoms with Crippen molar-refractivity contribution in [3.05, 3.63) is 29.8 Å². The van der Waals surface area contributed by atoms with Crippen LogP contribution in [0.5, 0.6) is 0 Å².